The molecule has 4 rings (SSSR count). The first-order chi connectivity index (χ1) is 12.2. The number of nitrogens with zero attached hydrogens (tertiary/aromatic N) is 2. The summed E-state index contributed by atoms with van der Waals surface area (Å²) >= 11 is 1.68. The third kappa shape index (κ3) is 3.23. The number of hydrogen-bond donors (Lipinski definition) is 1. The van der Waals surface area contributed by atoms with Crippen molar-refractivity contribution in [2.24, 2.45) is 0 Å². The second kappa shape index (κ2) is 6.61. The van der Waals surface area contributed by atoms with Crippen molar-refractivity contribution in [3.63, 3.8) is 0 Å². The molecule has 0 bridgehead atoms. The maximum absolute atomic E-state index is 13.2. The standard InChI is InChI=1S/C20H16FN3S/c1-2-16-12-17-19(22-15-10-8-14(21)9-11-15)23-18(24-20(17)25-16)13-6-4-3-5-7-13/h3-12H,2H2,1H3,(H,22,23,24). The van der Waals surface area contributed by atoms with Crippen molar-refractivity contribution in [2.45, 2.75) is 13.3 Å². The summed E-state index contributed by atoms with van der Waals surface area (Å²) in [5.74, 6) is 1.17. The molecule has 0 radical (unpaired) electrons. The first kappa shape index (κ1) is 15.7. The molecule has 0 amide bonds. The summed E-state index contributed by atoms with van der Waals surface area (Å²) in [6.07, 6.45) is 0.956. The van der Waals surface area contributed by atoms with E-state index in [2.05, 4.69) is 18.3 Å². The summed E-state index contributed by atoms with van der Waals surface area (Å²) in [6, 6.07) is 18.3. The summed E-state index contributed by atoms with van der Waals surface area (Å²) in [5, 5.41) is 4.30. The summed E-state index contributed by atoms with van der Waals surface area (Å²) < 4.78 is 13.2. The number of fused-ring (bicyclic) bond motifs is 1. The van der Waals surface area contributed by atoms with Gasteiger partial charge < -0.3 is 5.32 Å². The Bertz CT molecular complexity index is 1010. The largest absolute Gasteiger partial charge is 0.340 e. The van der Waals surface area contributed by atoms with Gasteiger partial charge in [-0.2, -0.15) is 0 Å². The maximum atomic E-state index is 13.2. The molecule has 0 unspecified atom stereocenters. The molecule has 0 aliphatic carbocycles. The Balaban J connectivity index is 1.85. The number of benzene rings is 2. The van der Waals surface area contributed by atoms with Gasteiger partial charge in [-0.1, -0.05) is 37.3 Å². The highest BCUT2D eigenvalue weighted by atomic mass is 32.1. The Kier molecular flexibility index (Phi) is 4.15. The lowest BCUT2D eigenvalue weighted by Crippen LogP contribution is -1.98. The Morgan fingerprint density at radius 2 is 1.76 bits per heavy atom. The highest BCUT2D eigenvalue weighted by molar-refractivity contribution is 7.18. The van der Waals surface area contributed by atoms with Gasteiger partial charge in [0.1, 0.15) is 16.5 Å². The van der Waals surface area contributed by atoms with Crippen molar-refractivity contribution in [1.29, 1.82) is 0 Å². The highest BCUT2D eigenvalue weighted by Gasteiger charge is 2.13. The van der Waals surface area contributed by atoms with E-state index < -0.39 is 0 Å². The molecule has 0 fully saturated rings. The molecular formula is C20H16FN3S. The number of rotatable bonds is 4. The maximum Gasteiger partial charge on any atom is 0.163 e. The number of nitrogens with one attached hydrogen (secondary N) is 1. The summed E-state index contributed by atoms with van der Waals surface area (Å²) in [4.78, 5) is 11.7. The molecule has 0 aliphatic rings. The number of hydrogen-bond acceptors (Lipinski definition) is 4. The fourth-order valence-corrected chi connectivity index (χ4v) is 3.59. The third-order valence-electron chi connectivity index (χ3n) is 3.93. The lowest BCUT2D eigenvalue weighted by molar-refractivity contribution is 0.628. The summed E-state index contributed by atoms with van der Waals surface area (Å²) in [5.41, 5.74) is 1.77. The van der Waals surface area contributed by atoms with Crippen LogP contribution in [0.5, 0.6) is 0 Å². The molecule has 124 valence electrons. The molecule has 3 nitrogen and oxygen atoms in total. The van der Waals surface area contributed by atoms with Crippen LogP contribution in [0.3, 0.4) is 0 Å². The van der Waals surface area contributed by atoms with Crippen molar-refractivity contribution in [1.82, 2.24) is 9.97 Å². The van der Waals surface area contributed by atoms with E-state index in [1.807, 2.05) is 30.3 Å². The smallest absolute Gasteiger partial charge is 0.163 e. The molecule has 2 aromatic carbocycles. The minimum absolute atomic E-state index is 0.257. The second-order valence-electron chi connectivity index (χ2n) is 5.68. The minimum atomic E-state index is -0.257. The van der Waals surface area contributed by atoms with Crippen molar-refractivity contribution in [2.75, 3.05) is 5.32 Å². The van der Waals surface area contributed by atoms with Gasteiger partial charge in [-0.15, -0.1) is 11.3 Å². The zero-order chi connectivity index (χ0) is 17.2. The normalized spacial score (nSPS) is 11.0. The van der Waals surface area contributed by atoms with Crippen molar-refractivity contribution < 1.29 is 4.39 Å². The molecule has 2 aromatic heterocycles. The fourth-order valence-electron chi connectivity index (χ4n) is 2.63. The first-order valence-electron chi connectivity index (χ1n) is 8.11. The number of aryl methyl sites for hydroxylation is 1. The van der Waals surface area contributed by atoms with Gasteiger partial charge in [0.2, 0.25) is 0 Å². The van der Waals surface area contributed by atoms with Gasteiger partial charge in [-0.3, -0.25) is 0 Å². The third-order valence-corrected chi connectivity index (χ3v) is 5.10. The molecule has 5 heteroatoms. The van der Waals surface area contributed by atoms with Crippen LogP contribution in [-0.2, 0) is 6.42 Å². The molecule has 0 spiro atoms. The summed E-state index contributed by atoms with van der Waals surface area (Å²) in [6.45, 7) is 2.13. The molecule has 0 saturated carbocycles. The van der Waals surface area contributed by atoms with Gasteiger partial charge in [0.25, 0.3) is 0 Å². The van der Waals surface area contributed by atoms with E-state index in [1.165, 1.54) is 17.0 Å². The van der Waals surface area contributed by atoms with E-state index in [0.29, 0.717) is 5.82 Å². The lowest BCUT2D eigenvalue weighted by Gasteiger charge is -2.09. The highest BCUT2D eigenvalue weighted by Crippen LogP contribution is 2.33. The van der Waals surface area contributed by atoms with E-state index in [-0.39, 0.29) is 5.82 Å². The van der Waals surface area contributed by atoms with Gasteiger partial charge >= 0.3 is 0 Å². The van der Waals surface area contributed by atoms with Gasteiger partial charge in [-0.25, -0.2) is 14.4 Å². The van der Waals surface area contributed by atoms with E-state index in [4.69, 9.17) is 9.97 Å². The zero-order valence-electron chi connectivity index (χ0n) is 13.7. The number of halogens is 1. The Labute approximate surface area is 149 Å². The van der Waals surface area contributed by atoms with E-state index in [1.54, 1.807) is 23.5 Å². The van der Waals surface area contributed by atoms with Crippen LogP contribution in [0, 0.1) is 5.82 Å². The average molecular weight is 349 g/mol. The van der Waals surface area contributed by atoms with Crippen LogP contribution < -0.4 is 5.32 Å². The summed E-state index contributed by atoms with van der Waals surface area (Å²) in [7, 11) is 0. The van der Waals surface area contributed by atoms with Crippen LogP contribution in [0.4, 0.5) is 15.9 Å². The van der Waals surface area contributed by atoms with E-state index in [9.17, 15) is 4.39 Å². The molecule has 2 heterocycles. The SMILES string of the molecule is CCc1cc2c(Nc3ccc(F)cc3)nc(-c3ccccc3)nc2s1. The predicted octanol–water partition coefficient (Wildman–Crippen LogP) is 5.80. The van der Waals surface area contributed by atoms with E-state index >= 15 is 0 Å². The monoisotopic (exact) mass is 349 g/mol. The molecule has 0 aliphatic heterocycles. The molecular weight excluding hydrogens is 333 g/mol. The lowest BCUT2D eigenvalue weighted by atomic mass is 10.2. The van der Waals surface area contributed by atoms with Gasteiger partial charge in [0.05, 0.1) is 5.39 Å². The fraction of sp³-hybridized carbons (Fsp3) is 0.100. The Morgan fingerprint density at radius 3 is 2.48 bits per heavy atom. The molecule has 0 saturated heterocycles. The van der Waals surface area contributed by atoms with Crippen molar-refractivity contribution in [3.8, 4) is 11.4 Å². The van der Waals surface area contributed by atoms with Crippen molar-refractivity contribution in [3.05, 3.63) is 71.4 Å². The topological polar surface area (TPSA) is 37.8 Å². The molecule has 1 N–H and O–H groups in total. The molecule has 25 heavy (non-hydrogen) atoms. The first-order valence-corrected chi connectivity index (χ1v) is 8.93. The van der Waals surface area contributed by atoms with Crippen LogP contribution >= 0.6 is 11.3 Å². The Morgan fingerprint density at radius 1 is 1.00 bits per heavy atom. The number of aromatic nitrogens is 2. The van der Waals surface area contributed by atoms with Crippen molar-refractivity contribution >= 4 is 33.1 Å². The number of anilines is 2. The van der Waals surface area contributed by atoms with Crippen LogP contribution in [0.1, 0.15) is 11.8 Å². The zero-order valence-corrected chi connectivity index (χ0v) is 14.5. The number of thiophene rings is 1. The quantitative estimate of drug-likeness (QED) is 0.506. The minimum Gasteiger partial charge on any atom is -0.340 e. The predicted molar refractivity (Wildman–Crippen MR) is 102 cm³/mol. The van der Waals surface area contributed by atoms with Crippen LogP contribution in [0.15, 0.2) is 60.7 Å². The van der Waals surface area contributed by atoms with Gasteiger partial charge in [0.15, 0.2) is 5.82 Å². The van der Waals surface area contributed by atoms with Gasteiger partial charge in [-0.05, 0) is 36.8 Å². The molecule has 4 aromatic rings. The van der Waals surface area contributed by atoms with Gasteiger partial charge in [0, 0.05) is 16.1 Å². The van der Waals surface area contributed by atoms with Crippen LogP contribution in [0.2, 0.25) is 0 Å². The van der Waals surface area contributed by atoms with E-state index in [0.717, 1.165) is 33.7 Å². The van der Waals surface area contributed by atoms with Crippen LogP contribution in [-0.4, -0.2) is 9.97 Å². The Hall–Kier alpha value is -2.79. The second-order valence-corrected chi connectivity index (χ2v) is 6.79. The van der Waals surface area contributed by atoms with Crippen LogP contribution in [0.25, 0.3) is 21.6 Å². The average Bonchev–Trinajstić information content (AvgIpc) is 3.08. The molecule has 0 atom stereocenters.